The number of rotatable bonds is 4. The molecule has 0 aliphatic rings. The third-order valence-electron chi connectivity index (χ3n) is 2.14. The van der Waals surface area contributed by atoms with E-state index in [9.17, 15) is 17.6 Å². The van der Waals surface area contributed by atoms with Crippen molar-refractivity contribution in [2.75, 3.05) is 19.4 Å². The van der Waals surface area contributed by atoms with Crippen LogP contribution in [-0.4, -0.2) is 33.6 Å². The Hall–Kier alpha value is -1.67. The van der Waals surface area contributed by atoms with Crippen molar-refractivity contribution in [1.82, 2.24) is 4.72 Å². The second-order valence-corrected chi connectivity index (χ2v) is 4.91. The summed E-state index contributed by atoms with van der Waals surface area (Å²) in [6.07, 6.45) is 0. The van der Waals surface area contributed by atoms with E-state index in [0.717, 1.165) is 12.1 Å². The minimum absolute atomic E-state index is 0.285. The molecule has 0 aliphatic heterocycles. The van der Waals surface area contributed by atoms with Crippen LogP contribution in [-0.2, 0) is 10.0 Å². The number of carboxylic acid groups (broad SMARTS) is 1. The highest BCUT2D eigenvalue weighted by molar-refractivity contribution is 7.89. The Morgan fingerprint density at radius 2 is 1.94 bits per heavy atom. The van der Waals surface area contributed by atoms with Gasteiger partial charge in [-0.15, -0.1) is 0 Å². The summed E-state index contributed by atoms with van der Waals surface area (Å²) in [5.41, 5.74) is -0.990. The molecule has 6 nitrogen and oxygen atoms in total. The average Bonchev–Trinajstić information content (AvgIpc) is 2.27. The average molecular weight is 262 g/mol. The highest BCUT2D eigenvalue weighted by Crippen LogP contribution is 2.27. The van der Waals surface area contributed by atoms with Crippen molar-refractivity contribution in [2.24, 2.45) is 0 Å². The third kappa shape index (κ3) is 2.37. The van der Waals surface area contributed by atoms with E-state index < -0.39 is 27.4 Å². The Labute approximate surface area is 97.5 Å². The highest BCUT2D eigenvalue weighted by Gasteiger charge is 2.24. The zero-order chi connectivity index (χ0) is 13.2. The van der Waals surface area contributed by atoms with Crippen LogP contribution < -0.4 is 10.0 Å². The van der Waals surface area contributed by atoms with Crippen LogP contribution in [0.5, 0.6) is 0 Å². The van der Waals surface area contributed by atoms with Crippen molar-refractivity contribution in [2.45, 2.75) is 4.90 Å². The van der Waals surface area contributed by atoms with Crippen molar-refractivity contribution in [3.8, 4) is 0 Å². The zero-order valence-corrected chi connectivity index (χ0v) is 9.93. The number of benzene rings is 1. The zero-order valence-electron chi connectivity index (χ0n) is 9.11. The SMILES string of the molecule is CNc1c(S(=O)(=O)NC)ccc(F)c1C(=O)O. The smallest absolute Gasteiger partial charge is 0.340 e. The maximum absolute atomic E-state index is 13.3. The first kappa shape index (κ1) is 13.4. The van der Waals surface area contributed by atoms with Crippen molar-refractivity contribution in [3.05, 3.63) is 23.5 Å². The quantitative estimate of drug-likeness (QED) is 0.733. The number of sulfonamides is 1. The summed E-state index contributed by atoms with van der Waals surface area (Å²) < 4.78 is 38.6. The molecule has 94 valence electrons. The Balaban J connectivity index is 3.67. The summed E-state index contributed by atoms with van der Waals surface area (Å²) in [7, 11) is -1.36. The van der Waals surface area contributed by atoms with E-state index in [1.807, 2.05) is 4.72 Å². The van der Waals surface area contributed by atoms with E-state index in [2.05, 4.69) is 5.32 Å². The predicted molar refractivity (Wildman–Crippen MR) is 59.2 cm³/mol. The second kappa shape index (κ2) is 4.68. The van der Waals surface area contributed by atoms with E-state index in [1.165, 1.54) is 14.1 Å². The van der Waals surface area contributed by atoms with Gasteiger partial charge in [0.15, 0.2) is 0 Å². The lowest BCUT2D eigenvalue weighted by molar-refractivity contribution is 0.0693. The molecule has 0 fully saturated rings. The van der Waals surface area contributed by atoms with Crippen LogP contribution in [0.2, 0.25) is 0 Å². The molecule has 0 atom stereocenters. The summed E-state index contributed by atoms with van der Waals surface area (Å²) in [5.74, 6) is -2.54. The molecule has 1 aromatic rings. The van der Waals surface area contributed by atoms with Gasteiger partial charge in [0.1, 0.15) is 16.3 Å². The van der Waals surface area contributed by atoms with Gasteiger partial charge in [-0.2, -0.15) is 0 Å². The van der Waals surface area contributed by atoms with Crippen molar-refractivity contribution in [3.63, 3.8) is 0 Å². The Morgan fingerprint density at radius 3 is 2.35 bits per heavy atom. The molecule has 0 radical (unpaired) electrons. The molecule has 0 aromatic heterocycles. The fraction of sp³-hybridized carbons (Fsp3) is 0.222. The largest absolute Gasteiger partial charge is 0.478 e. The van der Waals surface area contributed by atoms with Crippen LogP contribution in [0.25, 0.3) is 0 Å². The Bertz CT molecular complexity index is 556. The molecule has 17 heavy (non-hydrogen) atoms. The van der Waals surface area contributed by atoms with Gasteiger partial charge in [0, 0.05) is 7.05 Å². The fourth-order valence-electron chi connectivity index (χ4n) is 1.35. The van der Waals surface area contributed by atoms with Gasteiger partial charge in [-0.1, -0.05) is 0 Å². The van der Waals surface area contributed by atoms with Gasteiger partial charge >= 0.3 is 5.97 Å². The van der Waals surface area contributed by atoms with E-state index in [0.29, 0.717) is 0 Å². The summed E-state index contributed by atoms with van der Waals surface area (Å²) in [6, 6.07) is 1.80. The Morgan fingerprint density at radius 1 is 1.35 bits per heavy atom. The van der Waals surface area contributed by atoms with Gasteiger partial charge in [0.05, 0.1) is 5.69 Å². The molecule has 8 heteroatoms. The lowest BCUT2D eigenvalue weighted by atomic mass is 10.1. The minimum Gasteiger partial charge on any atom is -0.478 e. The van der Waals surface area contributed by atoms with Gasteiger partial charge in [0.2, 0.25) is 10.0 Å². The maximum atomic E-state index is 13.3. The van der Waals surface area contributed by atoms with Gasteiger partial charge in [0.25, 0.3) is 0 Å². The second-order valence-electron chi connectivity index (χ2n) is 3.06. The van der Waals surface area contributed by atoms with Crippen LogP contribution in [0.4, 0.5) is 10.1 Å². The lowest BCUT2D eigenvalue weighted by Crippen LogP contribution is -2.21. The molecule has 1 rings (SSSR count). The number of nitrogens with one attached hydrogen (secondary N) is 2. The van der Waals surface area contributed by atoms with E-state index in [4.69, 9.17) is 5.11 Å². The summed E-state index contributed by atoms with van der Waals surface area (Å²) in [5, 5.41) is 11.2. The van der Waals surface area contributed by atoms with Gasteiger partial charge in [-0.3, -0.25) is 0 Å². The van der Waals surface area contributed by atoms with Crippen LogP contribution in [0.3, 0.4) is 0 Å². The molecular formula is C9H11FN2O4S. The normalized spacial score (nSPS) is 11.2. The molecule has 0 unspecified atom stereocenters. The first-order valence-corrected chi connectivity index (χ1v) is 6.00. The fourth-order valence-corrected chi connectivity index (χ4v) is 2.29. The number of halogens is 1. The molecule has 0 spiro atoms. The molecule has 0 bridgehead atoms. The molecule has 0 amide bonds. The monoisotopic (exact) mass is 262 g/mol. The van der Waals surface area contributed by atoms with Crippen LogP contribution >= 0.6 is 0 Å². The molecular weight excluding hydrogens is 251 g/mol. The van der Waals surface area contributed by atoms with E-state index >= 15 is 0 Å². The number of hydrogen-bond donors (Lipinski definition) is 3. The summed E-state index contributed by atoms with van der Waals surface area (Å²) in [6.45, 7) is 0. The predicted octanol–water partition coefficient (Wildman–Crippen LogP) is 0.474. The first-order chi connectivity index (χ1) is 7.85. The van der Waals surface area contributed by atoms with Gasteiger partial charge in [-0.05, 0) is 19.2 Å². The highest BCUT2D eigenvalue weighted by atomic mass is 32.2. The number of anilines is 1. The standard InChI is InChI=1S/C9H11FN2O4S/c1-11-8-6(17(15,16)12-2)4-3-5(10)7(8)9(13)14/h3-4,11-12H,1-2H3,(H,13,14). The number of aromatic carboxylic acids is 1. The van der Waals surface area contributed by atoms with E-state index in [-0.39, 0.29) is 10.6 Å². The third-order valence-corrected chi connectivity index (χ3v) is 3.60. The lowest BCUT2D eigenvalue weighted by Gasteiger charge is -2.12. The molecule has 1 aromatic carbocycles. The summed E-state index contributed by atoms with van der Waals surface area (Å²) >= 11 is 0. The Kier molecular flexibility index (Phi) is 3.69. The van der Waals surface area contributed by atoms with Crippen LogP contribution in [0.15, 0.2) is 17.0 Å². The molecule has 0 heterocycles. The number of carbonyl (C=O) groups is 1. The minimum atomic E-state index is -3.86. The van der Waals surface area contributed by atoms with Gasteiger partial charge in [-0.25, -0.2) is 22.3 Å². The number of hydrogen-bond acceptors (Lipinski definition) is 4. The van der Waals surface area contributed by atoms with E-state index in [1.54, 1.807) is 0 Å². The summed E-state index contributed by atoms with van der Waals surface area (Å²) in [4.78, 5) is 10.6. The van der Waals surface area contributed by atoms with Gasteiger partial charge < -0.3 is 10.4 Å². The maximum Gasteiger partial charge on any atom is 0.340 e. The molecule has 0 saturated heterocycles. The van der Waals surface area contributed by atoms with Crippen LogP contribution in [0, 0.1) is 5.82 Å². The first-order valence-electron chi connectivity index (χ1n) is 4.52. The molecule has 0 saturated carbocycles. The van der Waals surface area contributed by atoms with Crippen molar-refractivity contribution in [1.29, 1.82) is 0 Å². The van der Waals surface area contributed by atoms with Crippen molar-refractivity contribution >= 4 is 21.7 Å². The number of carboxylic acids is 1. The van der Waals surface area contributed by atoms with Crippen molar-refractivity contribution < 1.29 is 22.7 Å². The molecule has 0 aliphatic carbocycles. The topological polar surface area (TPSA) is 95.5 Å². The van der Waals surface area contributed by atoms with Crippen LogP contribution in [0.1, 0.15) is 10.4 Å². The molecule has 3 N–H and O–H groups in total.